The quantitative estimate of drug-likeness (QED) is 0.752. The first-order valence-corrected chi connectivity index (χ1v) is 7.22. The number of nitrogens with zero attached hydrogens (tertiary/aromatic N) is 1. The number of aromatic nitrogens is 1. The van der Waals surface area contributed by atoms with Crippen molar-refractivity contribution in [3.63, 3.8) is 0 Å². The molecule has 0 radical (unpaired) electrons. The van der Waals surface area contributed by atoms with E-state index in [-0.39, 0.29) is 0 Å². The Morgan fingerprint density at radius 3 is 2.48 bits per heavy atom. The topological polar surface area (TPSA) is 50.9 Å². The van der Waals surface area contributed by atoms with E-state index < -0.39 is 0 Å². The molecule has 0 unspecified atom stereocenters. The van der Waals surface area contributed by atoms with E-state index in [0.717, 1.165) is 29.6 Å². The fraction of sp³-hybridized carbons (Fsp3) is 0.167. The highest BCUT2D eigenvalue weighted by atomic mass is 14.9. The Bertz CT molecular complexity index is 715. The summed E-state index contributed by atoms with van der Waals surface area (Å²) in [5.74, 6) is 0. The molecule has 3 heteroatoms. The Labute approximate surface area is 124 Å². The summed E-state index contributed by atoms with van der Waals surface area (Å²) < 4.78 is 0. The molecule has 0 bridgehead atoms. The summed E-state index contributed by atoms with van der Waals surface area (Å²) in [6.07, 6.45) is 2.78. The standard InChI is InChI=1S/C18H19N3/c19-11-9-14-5-7-15(8-6-14)13-21-18-10-12-20-17-4-2-1-3-16(17)18/h1-8,10,12H,9,11,13,19H2,(H,20,21). The molecule has 3 N–H and O–H groups in total. The van der Waals surface area contributed by atoms with E-state index in [0.29, 0.717) is 6.54 Å². The number of benzene rings is 2. The Balaban J connectivity index is 1.74. The first-order valence-electron chi connectivity index (χ1n) is 7.22. The van der Waals surface area contributed by atoms with Gasteiger partial charge in [-0.25, -0.2) is 0 Å². The van der Waals surface area contributed by atoms with E-state index >= 15 is 0 Å². The molecule has 0 amide bonds. The van der Waals surface area contributed by atoms with Crippen LogP contribution < -0.4 is 11.1 Å². The summed E-state index contributed by atoms with van der Waals surface area (Å²) in [5.41, 5.74) is 10.2. The van der Waals surface area contributed by atoms with Crippen LogP contribution in [0.3, 0.4) is 0 Å². The average Bonchev–Trinajstić information content (AvgIpc) is 2.54. The van der Waals surface area contributed by atoms with Gasteiger partial charge in [-0.2, -0.15) is 0 Å². The third-order valence-corrected chi connectivity index (χ3v) is 3.59. The fourth-order valence-corrected chi connectivity index (χ4v) is 2.44. The lowest BCUT2D eigenvalue weighted by atomic mass is 10.1. The smallest absolute Gasteiger partial charge is 0.0722 e. The first kappa shape index (κ1) is 13.6. The van der Waals surface area contributed by atoms with Crippen LogP contribution in [0.2, 0.25) is 0 Å². The summed E-state index contributed by atoms with van der Waals surface area (Å²) in [6, 6.07) is 18.8. The van der Waals surface area contributed by atoms with E-state index in [9.17, 15) is 0 Å². The minimum absolute atomic E-state index is 0.695. The van der Waals surface area contributed by atoms with Gasteiger partial charge in [0.25, 0.3) is 0 Å². The summed E-state index contributed by atoms with van der Waals surface area (Å²) in [4.78, 5) is 4.38. The van der Waals surface area contributed by atoms with Crippen molar-refractivity contribution >= 4 is 16.6 Å². The molecule has 0 aliphatic heterocycles. The van der Waals surface area contributed by atoms with Crippen LogP contribution in [0.15, 0.2) is 60.8 Å². The van der Waals surface area contributed by atoms with Gasteiger partial charge in [-0.15, -0.1) is 0 Å². The van der Waals surface area contributed by atoms with E-state index in [1.807, 2.05) is 30.5 Å². The number of hydrogen-bond donors (Lipinski definition) is 2. The van der Waals surface area contributed by atoms with Gasteiger partial charge in [0.15, 0.2) is 0 Å². The van der Waals surface area contributed by atoms with Crippen molar-refractivity contribution in [1.82, 2.24) is 4.98 Å². The van der Waals surface area contributed by atoms with Crippen LogP contribution >= 0.6 is 0 Å². The van der Waals surface area contributed by atoms with Gasteiger partial charge in [-0.05, 0) is 36.2 Å². The molecule has 1 aromatic heterocycles. The molecular formula is C18H19N3. The number of nitrogens with two attached hydrogens (primary N) is 1. The molecule has 3 aromatic rings. The van der Waals surface area contributed by atoms with Crippen molar-refractivity contribution in [1.29, 1.82) is 0 Å². The van der Waals surface area contributed by atoms with E-state index in [1.165, 1.54) is 11.1 Å². The zero-order valence-electron chi connectivity index (χ0n) is 11.9. The third-order valence-electron chi connectivity index (χ3n) is 3.59. The maximum absolute atomic E-state index is 5.57. The number of pyridine rings is 1. The predicted octanol–water partition coefficient (Wildman–Crippen LogP) is 3.35. The molecule has 0 spiro atoms. The highest BCUT2D eigenvalue weighted by Crippen LogP contribution is 2.21. The van der Waals surface area contributed by atoms with Crippen LogP contribution in [0, 0.1) is 0 Å². The van der Waals surface area contributed by atoms with Crippen LogP contribution in [-0.4, -0.2) is 11.5 Å². The number of para-hydroxylation sites is 1. The highest BCUT2D eigenvalue weighted by molar-refractivity contribution is 5.90. The summed E-state index contributed by atoms with van der Waals surface area (Å²) >= 11 is 0. The SMILES string of the molecule is NCCc1ccc(CNc2ccnc3ccccc23)cc1. The minimum Gasteiger partial charge on any atom is -0.380 e. The first-order chi connectivity index (χ1) is 10.4. The summed E-state index contributed by atoms with van der Waals surface area (Å²) in [5, 5.41) is 4.64. The highest BCUT2D eigenvalue weighted by Gasteiger charge is 2.01. The normalized spacial score (nSPS) is 10.7. The summed E-state index contributed by atoms with van der Waals surface area (Å²) in [6.45, 7) is 1.50. The molecule has 106 valence electrons. The van der Waals surface area contributed by atoms with Gasteiger partial charge >= 0.3 is 0 Å². The number of nitrogens with one attached hydrogen (secondary N) is 1. The predicted molar refractivity (Wildman–Crippen MR) is 88.3 cm³/mol. The van der Waals surface area contributed by atoms with Crippen LogP contribution in [0.5, 0.6) is 0 Å². The maximum Gasteiger partial charge on any atom is 0.0722 e. The van der Waals surface area contributed by atoms with Gasteiger partial charge in [0.2, 0.25) is 0 Å². The Kier molecular flexibility index (Phi) is 4.12. The number of fused-ring (bicyclic) bond motifs is 1. The molecule has 2 aromatic carbocycles. The van der Waals surface area contributed by atoms with Crippen LogP contribution in [0.4, 0.5) is 5.69 Å². The van der Waals surface area contributed by atoms with Gasteiger partial charge in [0.05, 0.1) is 5.52 Å². The van der Waals surface area contributed by atoms with Crippen molar-refractivity contribution in [2.45, 2.75) is 13.0 Å². The Morgan fingerprint density at radius 1 is 0.905 bits per heavy atom. The molecule has 3 nitrogen and oxygen atoms in total. The number of rotatable bonds is 5. The van der Waals surface area contributed by atoms with Crippen LogP contribution in [-0.2, 0) is 13.0 Å². The lowest BCUT2D eigenvalue weighted by Crippen LogP contribution is -2.03. The van der Waals surface area contributed by atoms with Gasteiger partial charge in [-0.1, -0.05) is 42.5 Å². The molecule has 0 saturated heterocycles. The minimum atomic E-state index is 0.695. The van der Waals surface area contributed by atoms with E-state index in [4.69, 9.17) is 5.73 Å². The molecule has 0 atom stereocenters. The fourth-order valence-electron chi connectivity index (χ4n) is 2.44. The van der Waals surface area contributed by atoms with Gasteiger partial charge in [-0.3, -0.25) is 4.98 Å². The Hall–Kier alpha value is -2.39. The van der Waals surface area contributed by atoms with Crippen molar-refractivity contribution < 1.29 is 0 Å². The molecule has 1 heterocycles. The van der Waals surface area contributed by atoms with Gasteiger partial charge in [0.1, 0.15) is 0 Å². The zero-order chi connectivity index (χ0) is 14.5. The van der Waals surface area contributed by atoms with Crippen molar-refractivity contribution in [3.8, 4) is 0 Å². The monoisotopic (exact) mass is 277 g/mol. The molecule has 0 aliphatic rings. The lowest BCUT2D eigenvalue weighted by molar-refractivity contribution is 0.966. The zero-order valence-corrected chi connectivity index (χ0v) is 11.9. The summed E-state index contributed by atoms with van der Waals surface area (Å²) in [7, 11) is 0. The van der Waals surface area contributed by atoms with Crippen LogP contribution in [0.1, 0.15) is 11.1 Å². The van der Waals surface area contributed by atoms with E-state index in [2.05, 4.69) is 40.6 Å². The lowest BCUT2D eigenvalue weighted by Gasteiger charge is -2.10. The molecule has 0 fully saturated rings. The number of anilines is 1. The molecule has 21 heavy (non-hydrogen) atoms. The third kappa shape index (κ3) is 3.20. The Morgan fingerprint density at radius 2 is 1.67 bits per heavy atom. The molecular weight excluding hydrogens is 258 g/mol. The second-order valence-electron chi connectivity index (χ2n) is 5.08. The largest absolute Gasteiger partial charge is 0.380 e. The van der Waals surface area contributed by atoms with Gasteiger partial charge in [0, 0.05) is 23.8 Å². The second-order valence-corrected chi connectivity index (χ2v) is 5.08. The molecule has 0 saturated carbocycles. The van der Waals surface area contributed by atoms with E-state index in [1.54, 1.807) is 0 Å². The second kappa shape index (κ2) is 6.37. The molecule has 0 aliphatic carbocycles. The maximum atomic E-state index is 5.57. The van der Waals surface area contributed by atoms with Crippen molar-refractivity contribution in [2.75, 3.05) is 11.9 Å². The van der Waals surface area contributed by atoms with Crippen molar-refractivity contribution in [3.05, 3.63) is 71.9 Å². The van der Waals surface area contributed by atoms with Gasteiger partial charge < -0.3 is 11.1 Å². The van der Waals surface area contributed by atoms with Crippen LogP contribution in [0.25, 0.3) is 10.9 Å². The average molecular weight is 277 g/mol. The molecule has 3 rings (SSSR count). The number of hydrogen-bond acceptors (Lipinski definition) is 3. The van der Waals surface area contributed by atoms with Crippen molar-refractivity contribution in [2.24, 2.45) is 5.73 Å².